The maximum atomic E-state index is 13.4. The van der Waals surface area contributed by atoms with Gasteiger partial charge in [-0.3, -0.25) is 14.4 Å². The molecule has 2 N–H and O–H groups in total. The van der Waals surface area contributed by atoms with Crippen LogP contribution < -0.4 is 10.6 Å². The number of cyclic esters (lactones) is 1. The molecule has 1 aromatic rings. The molecule has 2 amide bonds. The maximum absolute atomic E-state index is 13.4. The van der Waals surface area contributed by atoms with Gasteiger partial charge in [0.1, 0.15) is 24.6 Å². The normalized spacial score (nSPS) is 20.5. The van der Waals surface area contributed by atoms with Crippen LogP contribution in [-0.2, 0) is 35.3 Å². The summed E-state index contributed by atoms with van der Waals surface area (Å²) in [6.45, 7) is 14.9. The van der Waals surface area contributed by atoms with Gasteiger partial charge in [-0.1, -0.05) is 92.1 Å². The molecule has 0 bridgehead atoms. The van der Waals surface area contributed by atoms with E-state index in [2.05, 4.69) is 10.6 Å². The van der Waals surface area contributed by atoms with Gasteiger partial charge in [0, 0.05) is 0 Å². The topological polar surface area (TPSA) is 111 Å². The van der Waals surface area contributed by atoms with Crippen molar-refractivity contribution < 1.29 is 28.7 Å². The van der Waals surface area contributed by atoms with Crippen LogP contribution in [0, 0.1) is 22.7 Å². The summed E-state index contributed by atoms with van der Waals surface area (Å²) < 4.78 is 10.6. The molecule has 8 nitrogen and oxygen atoms in total. The molecule has 2 rings (SSSR count). The smallest absolute Gasteiger partial charge is 0.329 e. The van der Waals surface area contributed by atoms with E-state index in [9.17, 15) is 19.2 Å². The Morgan fingerprint density at radius 2 is 1.54 bits per heavy atom. The van der Waals surface area contributed by atoms with Gasteiger partial charge in [0.2, 0.25) is 5.91 Å². The molecule has 1 aromatic carbocycles. The number of nitrogens with one attached hydrogen (secondary N) is 2. The van der Waals surface area contributed by atoms with E-state index in [1.807, 2.05) is 85.7 Å². The molecule has 1 saturated heterocycles. The summed E-state index contributed by atoms with van der Waals surface area (Å²) in [5.74, 6) is -2.52. The first kappa shape index (κ1) is 28.3. The lowest BCUT2D eigenvalue weighted by Gasteiger charge is -2.40. The van der Waals surface area contributed by atoms with Gasteiger partial charge in [-0.05, 0) is 22.3 Å². The Bertz CT molecular complexity index is 916. The van der Waals surface area contributed by atoms with Gasteiger partial charge < -0.3 is 20.1 Å². The summed E-state index contributed by atoms with van der Waals surface area (Å²) in [4.78, 5) is 51.3. The lowest BCUT2D eigenvalue weighted by molar-refractivity contribution is -0.193. The highest BCUT2D eigenvalue weighted by Crippen LogP contribution is 2.32. The molecule has 1 aliphatic rings. The van der Waals surface area contributed by atoms with Crippen LogP contribution in [0.2, 0.25) is 0 Å². The lowest BCUT2D eigenvalue weighted by Crippen LogP contribution is -2.63. The third-order valence-electron chi connectivity index (χ3n) is 6.38. The molecular weight excluding hydrogens is 448 g/mol. The van der Waals surface area contributed by atoms with Crippen molar-refractivity contribution in [3.63, 3.8) is 0 Å². The molecule has 0 spiro atoms. The molecule has 35 heavy (non-hydrogen) atoms. The van der Waals surface area contributed by atoms with E-state index in [-0.39, 0.29) is 12.5 Å². The van der Waals surface area contributed by atoms with Crippen LogP contribution in [0.4, 0.5) is 0 Å². The van der Waals surface area contributed by atoms with Gasteiger partial charge in [0.25, 0.3) is 5.91 Å². The molecule has 4 unspecified atom stereocenters. The van der Waals surface area contributed by atoms with Crippen molar-refractivity contribution >= 4 is 23.8 Å². The van der Waals surface area contributed by atoms with Gasteiger partial charge >= 0.3 is 11.9 Å². The number of ether oxygens (including phenoxy) is 2. The number of rotatable bonds is 9. The van der Waals surface area contributed by atoms with Crippen molar-refractivity contribution in [1.82, 2.24) is 10.6 Å². The Hall–Kier alpha value is -2.90. The Balaban J connectivity index is 2.14. The average molecular weight is 489 g/mol. The highest BCUT2D eigenvalue weighted by molar-refractivity contribution is 5.97. The van der Waals surface area contributed by atoms with Crippen LogP contribution in [0.3, 0.4) is 0 Å². The van der Waals surface area contributed by atoms with E-state index in [1.165, 1.54) is 0 Å². The molecule has 0 aromatic heterocycles. The molecule has 5 atom stereocenters. The number of carbonyl (C=O) groups is 4. The highest BCUT2D eigenvalue weighted by atomic mass is 16.6. The lowest BCUT2D eigenvalue weighted by atomic mass is 9.81. The van der Waals surface area contributed by atoms with Crippen molar-refractivity contribution in [2.45, 2.75) is 86.6 Å². The van der Waals surface area contributed by atoms with E-state index in [1.54, 1.807) is 0 Å². The second-order valence-corrected chi connectivity index (χ2v) is 11.5. The third-order valence-corrected chi connectivity index (χ3v) is 6.38. The predicted octanol–water partition coefficient (Wildman–Crippen LogP) is 3.38. The van der Waals surface area contributed by atoms with Gasteiger partial charge in [0.15, 0.2) is 6.10 Å². The van der Waals surface area contributed by atoms with Crippen LogP contribution in [0.5, 0.6) is 0 Å². The van der Waals surface area contributed by atoms with E-state index in [4.69, 9.17) is 9.47 Å². The minimum absolute atomic E-state index is 0.0152. The van der Waals surface area contributed by atoms with Crippen LogP contribution in [0.1, 0.15) is 67.4 Å². The van der Waals surface area contributed by atoms with Crippen LogP contribution in [-0.4, -0.2) is 41.9 Å². The summed E-state index contributed by atoms with van der Waals surface area (Å²) in [6.07, 6.45) is -0.199. The first-order valence-electron chi connectivity index (χ1n) is 12.2. The van der Waals surface area contributed by atoms with E-state index in [0.29, 0.717) is 0 Å². The third kappa shape index (κ3) is 7.29. The fraction of sp³-hybridized carbons (Fsp3) is 0.630. The van der Waals surface area contributed by atoms with Gasteiger partial charge in [0.05, 0.1) is 0 Å². The molecule has 1 aliphatic heterocycles. The molecule has 0 saturated carbocycles. The van der Waals surface area contributed by atoms with Gasteiger partial charge in [-0.15, -0.1) is 0 Å². The first-order valence-corrected chi connectivity index (χ1v) is 12.2. The minimum atomic E-state index is -0.960. The van der Waals surface area contributed by atoms with E-state index >= 15 is 0 Å². The Morgan fingerprint density at radius 1 is 0.971 bits per heavy atom. The molecule has 0 aliphatic carbocycles. The number of hydrogen-bond acceptors (Lipinski definition) is 6. The molecule has 1 heterocycles. The molecule has 8 heteroatoms. The van der Waals surface area contributed by atoms with E-state index in [0.717, 1.165) is 12.0 Å². The number of hydrogen-bond donors (Lipinski definition) is 2. The van der Waals surface area contributed by atoms with E-state index < -0.39 is 58.7 Å². The summed E-state index contributed by atoms with van der Waals surface area (Å²) >= 11 is 0. The van der Waals surface area contributed by atoms with Crippen molar-refractivity contribution in [1.29, 1.82) is 0 Å². The predicted molar refractivity (Wildman–Crippen MR) is 132 cm³/mol. The first-order chi connectivity index (χ1) is 16.2. The zero-order valence-corrected chi connectivity index (χ0v) is 22.1. The maximum Gasteiger partial charge on any atom is 0.329 e. The monoisotopic (exact) mass is 488 g/mol. The number of esters is 2. The molecule has 194 valence electrons. The van der Waals surface area contributed by atoms with Gasteiger partial charge in [-0.25, -0.2) is 4.79 Å². The molecule has 1 fully saturated rings. The summed E-state index contributed by atoms with van der Waals surface area (Å²) in [5, 5.41) is 5.56. The highest BCUT2D eigenvalue weighted by Gasteiger charge is 2.51. The molecular formula is C27H40N2O6. The second kappa shape index (κ2) is 11.2. The number of benzene rings is 1. The zero-order chi connectivity index (χ0) is 26.6. The number of amides is 2. The van der Waals surface area contributed by atoms with Crippen LogP contribution >= 0.6 is 0 Å². The Labute approximate surface area is 208 Å². The minimum Gasteiger partial charge on any atom is -0.459 e. The SMILES string of the molecule is CC[C@H](C)C1C(=O)OC1C(=O)NC(C(=O)NC(C(=O)OCc1ccccc1)C(C)(C)C)C(C)(C)C. The summed E-state index contributed by atoms with van der Waals surface area (Å²) in [7, 11) is 0. The van der Waals surface area contributed by atoms with Crippen molar-refractivity contribution in [2.24, 2.45) is 22.7 Å². The largest absolute Gasteiger partial charge is 0.459 e. The van der Waals surface area contributed by atoms with Crippen LogP contribution in [0.25, 0.3) is 0 Å². The fourth-order valence-electron chi connectivity index (χ4n) is 3.90. The van der Waals surface area contributed by atoms with Crippen molar-refractivity contribution in [3.8, 4) is 0 Å². The average Bonchev–Trinajstić information content (AvgIpc) is 2.76. The number of carbonyl (C=O) groups excluding carboxylic acids is 4. The Kier molecular flexibility index (Phi) is 9.09. The second-order valence-electron chi connectivity index (χ2n) is 11.5. The van der Waals surface area contributed by atoms with Crippen molar-refractivity contribution in [3.05, 3.63) is 35.9 Å². The zero-order valence-electron chi connectivity index (χ0n) is 22.1. The Morgan fingerprint density at radius 3 is 2.03 bits per heavy atom. The van der Waals surface area contributed by atoms with Gasteiger partial charge in [-0.2, -0.15) is 0 Å². The van der Waals surface area contributed by atoms with Crippen molar-refractivity contribution in [2.75, 3.05) is 0 Å². The summed E-state index contributed by atoms with van der Waals surface area (Å²) in [6, 6.07) is 7.39. The fourth-order valence-corrected chi connectivity index (χ4v) is 3.90. The van der Waals surface area contributed by atoms with Crippen LogP contribution in [0.15, 0.2) is 30.3 Å². The summed E-state index contributed by atoms with van der Waals surface area (Å²) in [5.41, 5.74) is -0.470. The quantitative estimate of drug-likeness (QED) is 0.516. The standard InChI is InChI=1S/C27H40N2O6/c1-9-16(2)18-19(35-24(18)32)22(30)28-20(26(3,4)5)23(31)29-21(27(6,7)8)25(33)34-15-17-13-11-10-12-14-17/h10-14,16,18-21H,9,15H2,1-8H3,(H,28,30)(H,29,31)/t16-,18?,19?,20?,21?/m0/s1. The molecule has 0 radical (unpaired) electrons.